The Balaban J connectivity index is 1.99. The molecular formula is C24H31N3O2S. The quantitative estimate of drug-likeness (QED) is 0.551. The number of benzene rings is 2. The number of hydrogen-bond donors (Lipinski definition) is 1. The fraction of sp³-hybridized carbons (Fsp3) is 0.375. The highest BCUT2D eigenvalue weighted by molar-refractivity contribution is 7.89. The van der Waals surface area contributed by atoms with Crippen molar-refractivity contribution in [2.24, 2.45) is 0 Å². The molecule has 6 heteroatoms. The largest absolute Gasteiger partial charge is 0.333 e. The van der Waals surface area contributed by atoms with Crippen LogP contribution in [0.15, 0.2) is 66.1 Å². The molecule has 0 saturated carbocycles. The van der Waals surface area contributed by atoms with Gasteiger partial charge >= 0.3 is 0 Å². The van der Waals surface area contributed by atoms with Crippen LogP contribution in [0.1, 0.15) is 51.7 Å². The van der Waals surface area contributed by atoms with E-state index in [0.29, 0.717) is 4.90 Å². The molecule has 0 atom stereocenters. The maximum absolute atomic E-state index is 13.1. The van der Waals surface area contributed by atoms with Crippen LogP contribution in [-0.4, -0.2) is 23.5 Å². The molecule has 1 heterocycles. The maximum Gasteiger partial charge on any atom is 0.241 e. The van der Waals surface area contributed by atoms with Gasteiger partial charge in [-0.3, -0.25) is 0 Å². The van der Waals surface area contributed by atoms with Gasteiger partial charge in [-0.25, -0.2) is 18.1 Å². The summed E-state index contributed by atoms with van der Waals surface area (Å²) in [6.45, 7) is 8.44. The number of sulfonamides is 1. The Morgan fingerprint density at radius 3 is 2.33 bits per heavy atom. The molecule has 0 amide bonds. The third-order valence-electron chi connectivity index (χ3n) is 4.78. The van der Waals surface area contributed by atoms with E-state index < -0.39 is 15.6 Å². The van der Waals surface area contributed by atoms with E-state index >= 15 is 0 Å². The Kier molecular flexibility index (Phi) is 6.78. The molecule has 1 N–H and O–H groups in total. The first kappa shape index (κ1) is 22.2. The third kappa shape index (κ3) is 5.80. The molecule has 5 nitrogen and oxygen atoms in total. The number of aromatic nitrogens is 2. The molecule has 0 aliphatic rings. The first-order valence-corrected chi connectivity index (χ1v) is 11.9. The van der Waals surface area contributed by atoms with Crippen LogP contribution in [0.4, 0.5) is 0 Å². The number of hydrogen-bond acceptors (Lipinski definition) is 3. The molecular weight excluding hydrogens is 394 g/mol. The summed E-state index contributed by atoms with van der Waals surface area (Å²) in [6.07, 6.45) is 8.59. The normalized spacial score (nSPS) is 12.3. The summed E-state index contributed by atoms with van der Waals surface area (Å²) in [5.41, 5.74) is 3.39. The topological polar surface area (TPSA) is 64.0 Å². The van der Waals surface area contributed by atoms with Gasteiger partial charge in [0.25, 0.3) is 0 Å². The SMILES string of the molecule is CCCCc1ccc(S(=O)(=O)NC(C)(C)C)c(-c2ccc(Cn3ccnc3)cc2)c1. The second kappa shape index (κ2) is 9.14. The van der Waals surface area contributed by atoms with Crippen LogP contribution in [0.3, 0.4) is 0 Å². The highest BCUT2D eigenvalue weighted by atomic mass is 32.2. The van der Waals surface area contributed by atoms with Crippen LogP contribution in [0, 0.1) is 0 Å². The van der Waals surface area contributed by atoms with E-state index in [2.05, 4.69) is 16.6 Å². The second-order valence-electron chi connectivity index (χ2n) is 8.72. The number of aryl methyl sites for hydroxylation is 1. The van der Waals surface area contributed by atoms with Crippen LogP contribution in [0.25, 0.3) is 11.1 Å². The highest BCUT2D eigenvalue weighted by Crippen LogP contribution is 2.30. The zero-order valence-electron chi connectivity index (χ0n) is 18.2. The lowest BCUT2D eigenvalue weighted by atomic mass is 9.99. The molecule has 0 radical (unpaired) electrons. The van der Waals surface area contributed by atoms with Crippen molar-refractivity contribution in [1.82, 2.24) is 14.3 Å². The molecule has 2 aromatic carbocycles. The number of nitrogens with zero attached hydrogens (tertiary/aromatic N) is 2. The van der Waals surface area contributed by atoms with Gasteiger partial charge in [-0.15, -0.1) is 0 Å². The molecule has 0 fully saturated rings. The van der Waals surface area contributed by atoms with Crippen molar-refractivity contribution in [1.29, 1.82) is 0 Å². The van der Waals surface area contributed by atoms with E-state index in [-0.39, 0.29) is 0 Å². The monoisotopic (exact) mass is 425 g/mol. The van der Waals surface area contributed by atoms with Gasteiger partial charge in [-0.2, -0.15) is 0 Å². The van der Waals surface area contributed by atoms with E-state index in [4.69, 9.17) is 0 Å². The maximum atomic E-state index is 13.1. The highest BCUT2D eigenvalue weighted by Gasteiger charge is 2.25. The Morgan fingerprint density at radius 1 is 1.03 bits per heavy atom. The van der Waals surface area contributed by atoms with Crippen molar-refractivity contribution >= 4 is 10.0 Å². The van der Waals surface area contributed by atoms with Crippen molar-refractivity contribution < 1.29 is 8.42 Å². The predicted octanol–water partition coefficient (Wildman–Crippen LogP) is 5.02. The van der Waals surface area contributed by atoms with Gasteiger partial charge in [-0.05, 0) is 62.4 Å². The van der Waals surface area contributed by atoms with E-state index in [1.807, 2.05) is 67.9 Å². The van der Waals surface area contributed by atoms with Gasteiger partial charge in [0.15, 0.2) is 0 Å². The van der Waals surface area contributed by atoms with Crippen molar-refractivity contribution in [3.63, 3.8) is 0 Å². The summed E-state index contributed by atoms with van der Waals surface area (Å²) in [7, 11) is -3.65. The summed E-state index contributed by atoms with van der Waals surface area (Å²) >= 11 is 0. The van der Waals surface area contributed by atoms with E-state index in [0.717, 1.165) is 48.1 Å². The fourth-order valence-electron chi connectivity index (χ4n) is 3.41. The fourth-order valence-corrected chi connectivity index (χ4v) is 5.04. The van der Waals surface area contributed by atoms with Gasteiger partial charge in [-0.1, -0.05) is 43.7 Å². The number of rotatable bonds is 8. The smallest absolute Gasteiger partial charge is 0.241 e. The summed E-state index contributed by atoms with van der Waals surface area (Å²) < 4.78 is 31.0. The van der Waals surface area contributed by atoms with Gasteiger partial charge in [0.05, 0.1) is 11.2 Å². The summed E-state index contributed by atoms with van der Waals surface area (Å²) in [5, 5.41) is 0. The molecule has 0 saturated heterocycles. The Morgan fingerprint density at radius 2 is 1.73 bits per heavy atom. The molecule has 0 spiro atoms. The molecule has 0 aliphatic carbocycles. The first-order valence-electron chi connectivity index (χ1n) is 10.4. The van der Waals surface area contributed by atoms with Crippen LogP contribution < -0.4 is 4.72 Å². The van der Waals surface area contributed by atoms with Gasteiger partial charge in [0.2, 0.25) is 10.0 Å². The molecule has 3 aromatic rings. The van der Waals surface area contributed by atoms with Crippen LogP contribution in [0.2, 0.25) is 0 Å². The number of imidazole rings is 1. The zero-order chi connectivity index (χ0) is 21.8. The minimum absolute atomic E-state index is 0.319. The lowest BCUT2D eigenvalue weighted by Crippen LogP contribution is -2.40. The van der Waals surface area contributed by atoms with Crippen LogP contribution in [0.5, 0.6) is 0 Å². The molecule has 160 valence electrons. The predicted molar refractivity (Wildman–Crippen MR) is 122 cm³/mol. The average Bonchev–Trinajstić information content (AvgIpc) is 3.18. The number of unbranched alkanes of at least 4 members (excludes halogenated alkanes) is 1. The molecule has 0 aliphatic heterocycles. The van der Waals surface area contributed by atoms with Gasteiger partial charge in [0.1, 0.15) is 0 Å². The van der Waals surface area contributed by atoms with E-state index in [9.17, 15) is 8.42 Å². The molecule has 0 unspecified atom stereocenters. The average molecular weight is 426 g/mol. The molecule has 30 heavy (non-hydrogen) atoms. The van der Waals surface area contributed by atoms with E-state index in [1.54, 1.807) is 18.6 Å². The van der Waals surface area contributed by atoms with Crippen molar-refractivity contribution in [2.75, 3.05) is 0 Å². The third-order valence-corrected chi connectivity index (χ3v) is 6.60. The Hall–Kier alpha value is -2.44. The lowest BCUT2D eigenvalue weighted by Gasteiger charge is -2.22. The van der Waals surface area contributed by atoms with E-state index in [1.165, 1.54) is 0 Å². The summed E-state index contributed by atoms with van der Waals surface area (Å²) in [4.78, 5) is 4.39. The first-order chi connectivity index (χ1) is 14.2. The van der Waals surface area contributed by atoms with Gasteiger partial charge < -0.3 is 4.57 Å². The summed E-state index contributed by atoms with van der Waals surface area (Å²) in [6, 6.07) is 13.8. The van der Waals surface area contributed by atoms with Crippen LogP contribution in [-0.2, 0) is 23.0 Å². The van der Waals surface area contributed by atoms with Crippen LogP contribution >= 0.6 is 0 Å². The van der Waals surface area contributed by atoms with Crippen molar-refractivity contribution in [2.45, 2.75) is 63.9 Å². The lowest BCUT2D eigenvalue weighted by molar-refractivity contribution is 0.491. The number of nitrogens with one attached hydrogen (secondary N) is 1. The Bertz CT molecular complexity index is 1060. The Labute approximate surface area is 180 Å². The minimum atomic E-state index is -3.65. The molecule has 3 rings (SSSR count). The molecule has 0 bridgehead atoms. The minimum Gasteiger partial charge on any atom is -0.333 e. The standard InChI is InChI=1S/C24H31N3O2S/c1-5-6-7-19-10-13-23(30(28,29)26-24(2,3)4)22(16-19)21-11-8-20(9-12-21)17-27-15-14-25-18-27/h8-16,18,26H,5-7,17H2,1-4H3. The second-order valence-corrected chi connectivity index (χ2v) is 10.4. The zero-order valence-corrected chi connectivity index (χ0v) is 19.0. The van der Waals surface area contributed by atoms with Crippen molar-refractivity contribution in [3.05, 3.63) is 72.3 Å². The van der Waals surface area contributed by atoms with Gasteiger partial charge in [0, 0.05) is 30.0 Å². The molecule has 1 aromatic heterocycles. The summed E-state index contributed by atoms with van der Waals surface area (Å²) in [5.74, 6) is 0. The van der Waals surface area contributed by atoms with Crippen molar-refractivity contribution in [3.8, 4) is 11.1 Å².